The summed E-state index contributed by atoms with van der Waals surface area (Å²) >= 11 is 0. The number of H-pyrrole nitrogens is 2. The number of aromatic amines is 2. The van der Waals surface area contributed by atoms with E-state index in [2.05, 4.69) is 15.2 Å². The van der Waals surface area contributed by atoms with Gasteiger partial charge in [-0.3, -0.25) is 4.98 Å². The number of aryl methyl sites for hydroxylation is 2. The molecule has 0 unspecified atom stereocenters. The zero-order valence-electron chi connectivity index (χ0n) is 8.46. The van der Waals surface area contributed by atoms with Gasteiger partial charge >= 0.3 is 5.69 Å². The van der Waals surface area contributed by atoms with Crippen molar-refractivity contribution < 1.29 is 4.39 Å². The summed E-state index contributed by atoms with van der Waals surface area (Å²) < 4.78 is 12.9. The van der Waals surface area contributed by atoms with Crippen molar-refractivity contribution in [2.45, 2.75) is 12.8 Å². The van der Waals surface area contributed by atoms with E-state index in [0.29, 0.717) is 18.7 Å². The summed E-state index contributed by atoms with van der Waals surface area (Å²) in [6, 6.07) is 4.58. The lowest BCUT2D eigenvalue weighted by Crippen LogP contribution is -2.02. The molecule has 1 aromatic heterocycles. The van der Waals surface area contributed by atoms with Gasteiger partial charge in [-0.05, 0) is 24.1 Å². The van der Waals surface area contributed by atoms with Crippen LogP contribution < -0.4 is 11.4 Å². The van der Waals surface area contributed by atoms with Crippen molar-refractivity contribution >= 4 is 5.69 Å². The summed E-state index contributed by atoms with van der Waals surface area (Å²) in [4.78, 5) is 13.3. The van der Waals surface area contributed by atoms with Crippen molar-refractivity contribution in [2.24, 2.45) is 0 Å². The minimum Gasteiger partial charge on any atom is -0.396 e. The third-order valence-corrected chi connectivity index (χ3v) is 2.26. The summed E-state index contributed by atoms with van der Waals surface area (Å²) in [6.07, 6.45) is 1.22. The Bertz CT molecular complexity index is 546. The predicted octanol–water partition coefficient (Wildman–Crippen LogP) is 0.604. The quantitative estimate of drug-likeness (QED) is 0.665. The summed E-state index contributed by atoms with van der Waals surface area (Å²) in [6.45, 7) is 0. The number of nitrogens with one attached hydrogen (secondary N) is 2. The Morgan fingerprint density at radius 3 is 2.81 bits per heavy atom. The highest BCUT2D eigenvalue weighted by atomic mass is 19.1. The molecule has 1 heterocycles. The summed E-state index contributed by atoms with van der Waals surface area (Å²) in [5.74, 6) is 0.157. The van der Waals surface area contributed by atoms with Gasteiger partial charge in [0.2, 0.25) is 0 Å². The maximum absolute atomic E-state index is 12.9. The third kappa shape index (κ3) is 2.28. The number of halogens is 1. The Hall–Kier alpha value is -2.11. The van der Waals surface area contributed by atoms with E-state index in [9.17, 15) is 9.18 Å². The lowest BCUT2D eigenvalue weighted by atomic mass is 10.1. The van der Waals surface area contributed by atoms with Crippen LogP contribution in [0.25, 0.3) is 0 Å². The van der Waals surface area contributed by atoms with Crippen molar-refractivity contribution in [2.75, 3.05) is 5.73 Å². The van der Waals surface area contributed by atoms with E-state index >= 15 is 0 Å². The Morgan fingerprint density at radius 2 is 2.19 bits per heavy atom. The highest BCUT2D eigenvalue weighted by Gasteiger charge is 2.02. The number of rotatable bonds is 3. The number of nitrogen functional groups attached to an aromatic ring is 1. The first-order chi connectivity index (χ1) is 7.65. The maximum Gasteiger partial charge on any atom is 0.340 e. The van der Waals surface area contributed by atoms with Crippen LogP contribution in [0.2, 0.25) is 0 Å². The molecule has 0 saturated carbocycles. The van der Waals surface area contributed by atoms with Crippen LogP contribution in [0.1, 0.15) is 11.4 Å². The predicted molar refractivity (Wildman–Crippen MR) is 57.4 cm³/mol. The Morgan fingerprint density at radius 1 is 1.38 bits per heavy atom. The van der Waals surface area contributed by atoms with Gasteiger partial charge in [0.25, 0.3) is 0 Å². The number of nitrogens with zero attached hydrogens (tertiary/aromatic N) is 1. The largest absolute Gasteiger partial charge is 0.396 e. The molecule has 16 heavy (non-hydrogen) atoms. The molecule has 0 spiro atoms. The van der Waals surface area contributed by atoms with Crippen LogP contribution in [0.15, 0.2) is 23.0 Å². The lowest BCUT2D eigenvalue weighted by molar-refractivity contribution is 0.631. The zero-order chi connectivity index (χ0) is 11.5. The molecule has 2 rings (SSSR count). The molecule has 0 amide bonds. The minimum atomic E-state index is -0.420. The van der Waals surface area contributed by atoms with Gasteiger partial charge in [-0.1, -0.05) is 6.07 Å². The standard InChI is InChI=1S/C10H11FN4O/c11-7-3-1-6(5-8(7)12)2-4-9-13-10(16)15-14-9/h1,3,5H,2,4,12H2,(H2,13,14,15,16). The van der Waals surface area contributed by atoms with Gasteiger partial charge in [-0.2, -0.15) is 5.10 Å². The second-order valence-electron chi connectivity index (χ2n) is 3.48. The fraction of sp³-hybridized carbons (Fsp3) is 0.200. The van der Waals surface area contributed by atoms with Crippen molar-refractivity contribution in [1.29, 1.82) is 0 Å². The number of aromatic nitrogens is 3. The maximum atomic E-state index is 12.9. The van der Waals surface area contributed by atoms with Crippen LogP contribution in [-0.2, 0) is 12.8 Å². The van der Waals surface area contributed by atoms with Crippen molar-refractivity contribution in [3.05, 3.63) is 45.9 Å². The number of benzene rings is 1. The summed E-state index contributed by atoms with van der Waals surface area (Å²) in [5, 5.41) is 6.05. The van der Waals surface area contributed by atoms with Crippen LogP contribution in [-0.4, -0.2) is 15.2 Å². The van der Waals surface area contributed by atoms with Crippen LogP contribution in [0.5, 0.6) is 0 Å². The second kappa shape index (κ2) is 4.18. The second-order valence-corrected chi connectivity index (χ2v) is 3.48. The fourth-order valence-corrected chi connectivity index (χ4v) is 1.44. The Kier molecular flexibility index (Phi) is 2.72. The molecule has 2 aromatic rings. The van der Waals surface area contributed by atoms with E-state index < -0.39 is 5.82 Å². The average Bonchev–Trinajstić information content (AvgIpc) is 2.66. The summed E-state index contributed by atoms with van der Waals surface area (Å²) in [7, 11) is 0. The molecule has 4 N–H and O–H groups in total. The molecule has 0 aliphatic carbocycles. The van der Waals surface area contributed by atoms with Gasteiger partial charge in [0, 0.05) is 6.42 Å². The SMILES string of the molecule is Nc1cc(CCc2n[nH]c(=O)[nH]2)ccc1F. The monoisotopic (exact) mass is 222 g/mol. The minimum absolute atomic E-state index is 0.132. The van der Waals surface area contributed by atoms with Crippen LogP contribution in [0, 0.1) is 5.82 Å². The molecule has 0 aliphatic rings. The molecular weight excluding hydrogens is 211 g/mol. The molecule has 0 fully saturated rings. The van der Waals surface area contributed by atoms with E-state index in [1.165, 1.54) is 6.07 Å². The van der Waals surface area contributed by atoms with Gasteiger partial charge in [-0.25, -0.2) is 14.3 Å². The van der Waals surface area contributed by atoms with Gasteiger partial charge in [0.05, 0.1) is 5.69 Å². The Labute approximate surface area is 90.5 Å². The van der Waals surface area contributed by atoms with E-state index in [1.807, 2.05) is 0 Å². The van der Waals surface area contributed by atoms with Crippen molar-refractivity contribution in [3.63, 3.8) is 0 Å². The molecule has 84 valence electrons. The molecule has 5 nitrogen and oxygen atoms in total. The summed E-state index contributed by atoms with van der Waals surface area (Å²) in [5.41, 5.74) is 6.15. The molecule has 6 heteroatoms. The number of hydrogen-bond acceptors (Lipinski definition) is 3. The number of hydrogen-bond donors (Lipinski definition) is 3. The molecule has 1 aromatic carbocycles. The Balaban J connectivity index is 2.04. The highest BCUT2D eigenvalue weighted by molar-refractivity contribution is 5.42. The van der Waals surface area contributed by atoms with Crippen LogP contribution in [0.4, 0.5) is 10.1 Å². The zero-order valence-corrected chi connectivity index (χ0v) is 8.46. The highest BCUT2D eigenvalue weighted by Crippen LogP contribution is 2.13. The van der Waals surface area contributed by atoms with E-state index in [0.717, 1.165) is 5.56 Å². The third-order valence-electron chi connectivity index (χ3n) is 2.26. The first-order valence-corrected chi connectivity index (χ1v) is 4.82. The van der Waals surface area contributed by atoms with Gasteiger partial charge in [0.15, 0.2) is 0 Å². The van der Waals surface area contributed by atoms with Crippen molar-refractivity contribution in [3.8, 4) is 0 Å². The average molecular weight is 222 g/mol. The van der Waals surface area contributed by atoms with E-state index in [4.69, 9.17) is 5.73 Å². The molecular formula is C10H11FN4O. The van der Waals surface area contributed by atoms with E-state index in [1.54, 1.807) is 12.1 Å². The van der Waals surface area contributed by atoms with E-state index in [-0.39, 0.29) is 11.4 Å². The normalized spacial score (nSPS) is 10.6. The topological polar surface area (TPSA) is 87.6 Å². The van der Waals surface area contributed by atoms with Crippen LogP contribution >= 0.6 is 0 Å². The smallest absolute Gasteiger partial charge is 0.340 e. The lowest BCUT2D eigenvalue weighted by Gasteiger charge is -2.01. The number of anilines is 1. The molecule has 0 aliphatic heterocycles. The first kappa shape index (κ1) is 10.4. The first-order valence-electron chi connectivity index (χ1n) is 4.82. The number of nitrogens with two attached hydrogens (primary N) is 1. The van der Waals surface area contributed by atoms with Crippen molar-refractivity contribution in [1.82, 2.24) is 15.2 Å². The molecule has 0 radical (unpaired) electrons. The van der Waals surface area contributed by atoms with Crippen LogP contribution in [0.3, 0.4) is 0 Å². The van der Waals surface area contributed by atoms with Gasteiger partial charge < -0.3 is 5.73 Å². The fourth-order valence-electron chi connectivity index (χ4n) is 1.44. The van der Waals surface area contributed by atoms with Gasteiger partial charge in [0.1, 0.15) is 11.6 Å². The molecule has 0 bridgehead atoms. The van der Waals surface area contributed by atoms with Gasteiger partial charge in [-0.15, -0.1) is 0 Å². The molecule has 0 atom stereocenters. The molecule has 0 saturated heterocycles.